The highest BCUT2D eigenvalue weighted by molar-refractivity contribution is 5.74. The third-order valence-electron chi connectivity index (χ3n) is 3.43. The summed E-state index contributed by atoms with van der Waals surface area (Å²) in [6.45, 7) is 5.86. The third kappa shape index (κ3) is 3.01. The number of carbonyl (C=O) groups is 1. The molecule has 0 aliphatic carbocycles. The van der Waals surface area contributed by atoms with Gasteiger partial charge in [0.1, 0.15) is 0 Å². The number of benzene rings is 1. The normalized spacial score (nSPS) is 23.8. The van der Waals surface area contributed by atoms with Crippen molar-refractivity contribution in [2.75, 3.05) is 13.2 Å². The number of morpholine rings is 1. The molecule has 0 aromatic heterocycles. The van der Waals surface area contributed by atoms with Gasteiger partial charge in [0.05, 0.1) is 18.8 Å². The smallest absolute Gasteiger partial charge is 0.318 e. The van der Waals surface area contributed by atoms with Gasteiger partial charge < -0.3 is 15.0 Å². The van der Waals surface area contributed by atoms with Crippen molar-refractivity contribution in [2.24, 2.45) is 0 Å². The number of carbonyl (C=O) groups excluding carboxylic acids is 1. The molecule has 0 bridgehead atoms. The largest absolute Gasteiger partial charge is 0.375 e. The van der Waals surface area contributed by atoms with Crippen LogP contribution in [0, 0.1) is 0 Å². The highest BCUT2D eigenvalue weighted by Crippen LogP contribution is 2.13. The number of amides is 2. The lowest BCUT2D eigenvalue weighted by atomic mass is 10.1. The van der Waals surface area contributed by atoms with E-state index in [9.17, 15) is 4.79 Å². The van der Waals surface area contributed by atoms with Crippen molar-refractivity contribution < 1.29 is 9.53 Å². The Morgan fingerprint density at radius 2 is 2.11 bits per heavy atom. The Kier molecular flexibility index (Phi) is 4.20. The van der Waals surface area contributed by atoms with E-state index in [4.69, 9.17) is 4.74 Å². The Hall–Kier alpha value is -1.55. The van der Waals surface area contributed by atoms with Gasteiger partial charge in [-0.3, -0.25) is 0 Å². The van der Waals surface area contributed by atoms with Gasteiger partial charge in [-0.15, -0.1) is 0 Å². The van der Waals surface area contributed by atoms with Gasteiger partial charge in [-0.1, -0.05) is 30.3 Å². The second kappa shape index (κ2) is 5.87. The molecule has 1 aromatic carbocycles. The fraction of sp³-hybridized carbons (Fsp3) is 0.500. The number of hydrogen-bond acceptors (Lipinski definition) is 2. The lowest BCUT2D eigenvalue weighted by molar-refractivity contribution is -0.0376. The summed E-state index contributed by atoms with van der Waals surface area (Å²) in [7, 11) is 0. The molecule has 1 aliphatic heterocycles. The highest BCUT2D eigenvalue weighted by Gasteiger charge is 2.28. The fourth-order valence-electron chi connectivity index (χ4n) is 2.09. The topological polar surface area (TPSA) is 41.6 Å². The Balaban J connectivity index is 1.88. The van der Waals surface area contributed by atoms with Crippen molar-refractivity contribution in [3.63, 3.8) is 0 Å². The minimum Gasteiger partial charge on any atom is -0.375 e. The SMILES string of the molecule is CC1OCCN(C(=O)NCc2ccccc2)C1C. The third-order valence-corrected chi connectivity index (χ3v) is 3.43. The molecule has 1 aromatic rings. The van der Waals surface area contributed by atoms with E-state index in [2.05, 4.69) is 5.32 Å². The Morgan fingerprint density at radius 3 is 2.83 bits per heavy atom. The summed E-state index contributed by atoms with van der Waals surface area (Å²) >= 11 is 0. The predicted octanol–water partition coefficient (Wildman–Crippen LogP) is 2.01. The molecule has 1 heterocycles. The molecule has 2 amide bonds. The maximum atomic E-state index is 12.1. The molecule has 18 heavy (non-hydrogen) atoms. The molecule has 0 radical (unpaired) electrons. The van der Waals surface area contributed by atoms with Crippen LogP contribution >= 0.6 is 0 Å². The van der Waals surface area contributed by atoms with Crippen LogP contribution in [0.25, 0.3) is 0 Å². The summed E-state index contributed by atoms with van der Waals surface area (Å²) in [5, 5.41) is 2.95. The van der Waals surface area contributed by atoms with Crippen LogP contribution in [0.4, 0.5) is 4.79 Å². The minimum absolute atomic E-state index is 0.0125. The van der Waals surface area contributed by atoms with Gasteiger partial charge in [0.2, 0.25) is 0 Å². The van der Waals surface area contributed by atoms with Crippen molar-refractivity contribution >= 4 is 6.03 Å². The van der Waals surface area contributed by atoms with Gasteiger partial charge in [0, 0.05) is 13.1 Å². The van der Waals surface area contributed by atoms with Crippen LogP contribution < -0.4 is 5.32 Å². The molecule has 4 heteroatoms. The molecule has 2 rings (SSSR count). The van der Waals surface area contributed by atoms with Crippen molar-refractivity contribution in [1.29, 1.82) is 0 Å². The number of nitrogens with zero attached hydrogens (tertiary/aromatic N) is 1. The van der Waals surface area contributed by atoms with Gasteiger partial charge in [-0.05, 0) is 19.4 Å². The predicted molar refractivity (Wildman–Crippen MR) is 70.3 cm³/mol. The fourth-order valence-corrected chi connectivity index (χ4v) is 2.09. The van der Waals surface area contributed by atoms with Crippen LogP contribution in [0.5, 0.6) is 0 Å². The standard InChI is InChI=1S/C14H20N2O2/c1-11-12(2)18-9-8-16(11)14(17)15-10-13-6-4-3-5-7-13/h3-7,11-12H,8-10H2,1-2H3,(H,15,17). The first-order valence-electron chi connectivity index (χ1n) is 6.38. The van der Waals surface area contributed by atoms with Crippen molar-refractivity contribution in [3.05, 3.63) is 35.9 Å². The van der Waals surface area contributed by atoms with E-state index in [1.54, 1.807) is 0 Å². The van der Waals surface area contributed by atoms with Gasteiger partial charge in [0.15, 0.2) is 0 Å². The minimum atomic E-state index is -0.0125. The Labute approximate surface area is 108 Å². The second-order valence-corrected chi connectivity index (χ2v) is 4.65. The molecule has 98 valence electrons. The summed E-state index contributed by atoms with van der Waals surface area (Å²) in [6.07, 6.45) is 0.0984. The van der Waals surface area contributed by atoms with Crippen molar-refractivity contribution in [2.45, 2.75) is 32.5 Å². The summed E-state index contributed by atoms with van der Waals surface area (Å²) in [6, 6.07) is 10.0. The monoisotopic (exact) mass is 248 g/mol. The van der Waals surface area contributed by atoms with E-state index in [0.29, 0.717) is 19.7 Å². The molecule has 1 aliphatic rings. The molecule has 4 nitrogen and oxygen atoms in total. The molecule has 0 saturated carbocycles. The number of ether oxygens (including phenoxy) is 1. The van der Waals surface area contributed by atoms with Crippen LogP contribution in [0.2, 0.25) is 0 Å². The zero-order valence-corrected chi connectivity index (χ0v) is 10.9. The molecule has 1 fully saturated rings. The first kappa shape index (κ1) is 12.9. The Bertz CT molecular complexity index is 394. The molecule has 0 spiro atoms. The van der Waals surface area contributed by atoms with Gasteiger partial charge in [-0.25, -0.2) is 4.79 Å². The van der Waals surface area contributed by atoms with Crippen molar-refractivity contribution in [3.8, 4) is 0 Å². The quantitative estimate of drug-likeness (QED) is 0.869. The Morgan fingerprint density at radius 1 is 1.39 bits per heavy atom. The van der Waals surface area contributed by atoms with E-state index in [1.807, 2.05) is 49.1 Å². The van der Waals surface area contributed by atoms with Crippen LogP contribution in [0.15, 0.2) is 30.3 Å². The highest BCUT2D eigenvalue weighted by atomic mass is 16.5. The average Bonchev–Trinajstić information content (AvgIpc) is 2.40. The van der Waals surface area contributed by atoms with Crippen LogP contribution in [-0.4, -0.2) is 36.2 Å². The van der Waals surface area contributed by atoms with Gasteiger partial charge in [0.25, 0.3) is 0 Å². The summed E-state index contributed by atoms with van der Waals surface area (Å²) in [5.74, 6) is 0. The second-order valence-electron chi connectivity index (χ2n) is 4.65. The van der Waals surface area contributed by atoms with Crippen molar-refractivity contribution in [1.82, 2.24) is 10.2 Å². The van der Waals surface area contributed by atoms with E-state index in [0.717, 1.165) is 5.56 Å². The molecular formula is C14H20N2O2. The van der Waals surface area contributed by atoms with Crippen LogP contribution in [0.1, 0.15) is 19.4 Å². The number of urea groups is 1. The van der Waals surface area contributed by atoms with E-state index in [-0.39, 0.29) is 18.2 Å². The maximum absolute atomic E-state index is 12.1. The first-order valence-corrected chi connectivity index (χ1v) is 6.38. The zero-order chi connectivity index (χ0) is 13.0. The van der Waals surface area contributed by atoms with E-state index < -0.39 is 0 Å². The van der Waals surface area contributed by atoms with Gasteiger partial charge >= 0.3 is 6.03 Å². The molecule has 1 saturated heterocycles. The van der Waals surface area contributed by atoms with E-state index in [1.165, 1.54) is 0 Å². The summed E-state index contributed by atoms with van der Waals surface area (Å²) in [5.41, 5.74) is 1.11. The average molecular weight is 248 g/mol. The zero-order valence-electron chi connectivity index (χ0n) is 10.9. The summed E-state index contributed by atoms with van der Waals surface area (Å²) in [4.78, 5) is 13.9. The molecular weight excluding hydrogens is 228 g/mol. The first-order chi connectivity index (χ1) is 8.68. The molecule has 2 atom stereocenters. The van der Waals surface area contributed by atoms with Crippen LogP contribution in [0.3, 0.4) is 0 Å². The lowest BCUT2D eigenvalue weighted by Crippen LogP contribution is -2.54. The number of hydrogen-bond donors (Lipinski definition) is 1. The maximum Gasteiger partial charge on any atom is 0.318 e. The lowest BCUT2D eigenvalue weighted by Gasteiger charge is -2.37. The van der Waals surface area contributed by atoms with E-state index >= 15 is 0 Å². The van der Waals surface area contributed by atoms with Crippen LogP contribution in [-0.2, 0) is 11.3 Å². The summed E-state index contributed by atoms with van der Waals surface area (Å²) < 4.78 is 5.51. The van der Waals surface area contributed by atoms with Gasteiger partial charge in [-0.2, -0.15) is 0 Å². The number of nitrogens with one attached hydrogen (secondary N) is 1. The molecule has 2 unspecified atom stereocenters. The number of rotatable bonds is 2. The molecule has 1 N–H and O–H groups in total.